The van der Waals surface area contributed by atoms with Gasteiger partial charge in [0.25, 0.3) is 0 Å². The van der Waals surface area contributed by atoms with Crippen LogP contribution in [0.25, 0.3) is 90.9 Å². The summed E-state index contributed by atoms with van der Waals surface area (Å²) < 4.78 is 0. The Morgan fingerprint density at radius 2 is 0.635 bits per heavy atom. The van der Waals surface area contributed by atoms with Crippen molar-refractivity contribution in [3.8, 4) is 44.5 Å². The number of aromatic nitrogens is 4. The Morgan fingerprint density at radius 3 is 0.923 bits per heavy atom. The van der Waals surface area contributed by atoms with Crippen LogP contribution in [0, 0.1) is 0 Å². The Labute approximate surface area is 303 Å². The van der Waals surface area contributed by atoms with E-state index >= 15 is 0 Å². The fraction of sp³-hybridized carbons (Fsp3) is 0.0833. The molecule has 0 saturated carbocycles. The molecular formula is C48H38N4. The highest BCUT2D eigenvalue weighted by atomic mass is 14.8. The molecule has 2 aliphatic heterocycles. The van der Waals surface area contributed by atoms with Gasteiger partial charge in [-0.3, -0.25) is 0 Å². The second-order valence-electron chi connectivity index (χ2n) is 14.4. The third-order valence-electron chi connectivity index (χ3n) is 9.98. The van der Waals surface area contributed by atoms with Gasteiger partial charge in [0, 0.05) is 44.3 Å². The predicted octanol–water partition coefficient (Wildman–Crippen LogP) is 12.6. The quantitative estimate of drug-likeness (QED) is 0.196. The van der Waals surface area contributed by atoms with Gasteiger partial charge in [-0.1, -0.05) is 136 Å². The molecule has 4 nitrogen and oxygen atoms in total. The molecule has 2 aliphatic rings. The molecule has 0 spiro atoms. The Morgan fingerprint density at radius 1 is 0.346 bits per heavy atom. The maximum absolute atomic E-state index is 5.42. The molecule has 9 rings (SSSR count). The molecule has 7 aromatic rings. The maximum Gasteiger partial charge on any atom is 0.0737 e. The average Bonchev–Trinajstić information content (AvgIpc) is 4.01. The number of benzene rings is 4. The number of nitrogens with one attached hydrogen (secondary N) is 2. The van der Waals surface area contributed by atoms with Gasteiger partial charge < -0.3 is 9.97 Å². The molecular weight excluding hydrogens is 633 g/mol. The van der Waals surface area contributed by atoms with Crippen molar-refractivity contribution >= 4 is 46.4 Å². The molecule has 8 bridgehead atoms. The first-order chi connectivity index (χ1) is 25.4. The van der Waals surface area contributed by atoms with E-state index in [0.717, 1.165) is 89.4 Å². The third kappa shape index (κ3) is 5.69. The zero-order chi connectivity index (χ0) is 35.2. The third-order valence-corrected chi connectivity index (χ3v) is 9.98. The Bertz CT molecular complexity index is 2630. The van der Waals surface area contributed by atoms with Gasteiger partial charge in [0.15, 0.2) is 0 Å². The summed E-state index contributed by atoms with van der Waals surface area (Å²) in [5.41, 5.74) is 17.5. The van der Waals surface area contributed by atoms with Crippen LogP contribution in [-0.2, 0) is 5.41 Å². The number of fused-ring (bicyclic) bond motifs is 8. The molecule has 0 aliphatic carbocycles. The summed E-state index contributed by atoms with van der Waals surface area (Å²) in [6, 6.07) is 49.3. The van der Waals surface area contributed by atoms with Crippen LogP contribution in [0.3, 0.4) is 0 Å². The van der Waals surface area contributed by atoms with Crippen LogP contribution < -0.4 is 0 Å². The number of H-pyrrole nitrogens is 2. The first-order valence-corrected chi connectivity index (χ1v) is 17.8. The maximum atomic E-state index is 5.42. The van der Waals surface area contributed by atoms with E-state index in [1.807, 2.05) is 0 Å². The van der Waals surface area contributed by atoms with E-state index in [4.69, 9.17) is 9.97 Å². The SMILES string of the molecule is CC(C)(C)c1ccc(-c2c3nc(c(-c4ccccc4)c4ccc([nH]4)c(-c4ccccc4)c4nc(c(-c5ccccc5)c5ccc2[nH]5)C=C4)C=C3)cc1. The monoisotopic (exact) mass is 670 g/mol. The standard InChI is InChI=1S/C48H38N4/c1-48(2,3)35-21-19-34(20-22-35)47-42-29-27-40(51-42)45(32-15-9-5-10-16-32)38-25-23-36(49-38)44(31-13-7-4-8-14-31)37-24-26-39(50-37)46(33-17-11-6-12-18-33)41-28-30-43(47)52-41/h4-30,49,52H,1-3H3. The minimum atomic E-state index is 0.0478. The fourth-order valence-corrected chi connectivity index (χ4v) is 7.37. The van der Waals surface area contributed by atoms with E-state index in [2.05, 4.69) is 195 Å². The summed E-state index contributed by atoms with van der Waals surface area (Å²) in [6.45, 7) is 6.75. The second-order valence-corrected chi connectivity index (χ2v) is 14.4. The largest absolute Gasteiger partial charge is 0.354 e. The molecule has 4 heteroatoms. The Kier molecular flexibility index (Phi) is 7.66. The van der Waals surface area contributed by atoms with Gasteiger partial charge in [-0.05, 0) is 81.8 Å². The topological polar surface area (TPSA) is 57.4 Å². The first-order valence-electron chi connectivity index (χ1n) is 17.8. The van der Waals surface area contributed by atoms with Crippen molar-refractivity contribution in [3.05, 3.63) is 168 Å². The molecule has 0 fully saturated rings. The minimum absolute atomic E-state index is 0.0478. The molecule has 250 valence electrons. The molecule has 52 heavy (non-hydrogen) atoms. The summed E-state index contributed by atoms with van der Waals surface area (Å²) in [7, 11) is 0. The molecule has 0 unspecified atom stereocenters. The highest BCUT2D eigenvalue weighted by Crippen LogP contribution is 2.38. The number of rotatable bonds is 4. The van der Waals surface area contributed by atoms with Gasteiger partial charge in [0.1, 0.15) is 0 Å². The van der Waals surface area contributed by atoms with Crippen LogP contribution in [0.4, 0.5) is 0 Å². The number of hydrogen-bond donors (Lipinski definition) is 2. The lowest BCUT2D eigenvalue weighted by Crippen LogP contribution is -2.10. The molecule has 0 radical (unpaired) electrons. The molecule has 4 aromatic carbocycles. The Balaban J connectivity index is 1.45. The van der Waals surface area contributed by atoms with Crippen molar-refractivity contribution in [2.45, 2.75) is 26.2 Å². The Hall–Kier alpha value is -6.52. The molecule has 3 aromatic heterocycles. The van der Waals surface area contributed by atoms with E-state index < -0.39 is 0 Å². The van der Waals surface area contributed by atoms with Gasteiger partial charge in [-0.15, -0.1) is 0 Å². The lowest BCUT2D eigenvalue weighted by atomic mass is 9.86. The van der Waals surface area contributed by atoms with Crippen molar-refractivity contribution in [1.82, 2.24) is 19.9 Å². The zero-order valence-electron chi connectivity index (χ0n) is 29.5. The van der Waals surface area contributed by atoms with E-state index in [-0.39, 0.29) is 5.41 Å². The molecule has 2 N–H and O–H groups in total. The molecule has 0 saturated heterocycles. The fourth-order valence-electron chi connectivity index (χ4n) is 7.37. The lowest BCUT2D eigenvalue weighted by molar-refractivity contribution is 0.590. The molecule has 0 amide bonds. The zero-order valence-corrected chi connectivity index (χ0v) is 29.5. The summed E-state index contributed by atoms with van der Waals surface area (Å²) >= 11 is 0. The van der Waals surface area contributed by atoms with Crippen LogP contribution >= 0.6 is 0 Å². The van der Waals surface area contributed by atoms with E-state index in [1.165, 1.54) is 5.56 Å². The van der Waals surface area contributed by atoms with Crippen LogP contribution in [0.1, 0.15) is 49.1 Å². The van der Waals surface area contributed by atoms with Gasteiger partial charge in [0.2, 0.25) is 0 Å². The minimum Gasteiger partial charge on any atom is -0.354 e. The van der Waals surface area contributed by atoms with Crippen molar-refractivity contribution in [3.63, 3.8) is 0 Å². The van der Waals surface area contributed by atoms with Crippen molar-refractivity contribution < 1.29 is 0 Å². The van der Waals surface area contributed by atoms with Crippen molar-refractivity contribution in [1.29, 1.82) is 0 Å². The molecule has 0 atom stereocenters. The highest BCUT2D eigenvalue weighted by Gasteiger charge is 2.19. The first kappa shape index (κ1) is 31.5. The van der Waals surface area contributed by atoms with Crippen LogP contribution in [0.5, 0.6) is 0 Å². The number of aromatic amines is 2. The highest BCUT2D eigenvalue weighted by molar-refractivity contribution is 5.99. The van der Waals surface area contributed by atoms with Crippen LogP contribution in [0.2, 0.25) is 0 Å². The predicted molar refractivity (Wildman–Crippen MR) is 219 cm³/mol. The van der Waals surface area contributed by atoms with E-state index in [9.17, 15) is 0 Å². The van der Waals surface area contributed by atoms with Crippen molar-refractivity contribution in [2.24, 2.45) is 0 Å². The second kappa shape index (κ2) is 12.7. The van der Waals surface area contributed by atoms with Crippen LogP contribution in [-0.4, -0.2) is 19.9 Å². The summed E-state index contributed by atoms with van der Waals surface area (Å²) in [6.07, 6.45) is 8.59. The lowest BCUT2D eigenvalue weighted by Gasteiger charge is -2.19. The van der Waals surface area contributed by atoms with Gasteiger partial charge >= 0.3 is 0 Å². The summed E-state index contributed by atoms with van der Waals surface area (Å²) in [5.74, 6) is 0. The van der Waals surface area contributed by atoms with Gasteiger partial charge in [0.05, 0.1) is 22.8 Å². The summed E-state index contributed by atoms with van der Waals surface area (Å²) in [4.78, 5) is 18.5. The smallest absolute Gasteiger partial charge is 0.0737 e. The average molecular weight is 671 g/mol. The van der Waals surface area contributed by atoms with Gasteiger partial charge in [-0.2, -0.15) is 0 Å². The number of hydrogen-bond acceptors (Lipinski definition) is 2. The number of nitrogens with zero attached hydrogens (tertiary/aromatic N) is 2. The van der Waals surface area contributed by atoms with Gasteiger partial charge in [-0.25, -0.2) is 9.97 Å². The van der Waals surface area contributed by atoms with E-state index in [0.29, 0.717) is 0 Å². The summed E-state index contributed by atoms with van der Waals surface area (Å²) in [5, 5.41) is 0. The normalized spacial score (nSPS) is 12.4. The van der Waals surface area contributed by atoms with E-state index in [1.54, 1.807) is 0 Å². The van der Waals surface area contributed by atoms with Crippen molar-refractivity contribution in [2.75, 3.05) is 0 Å². The van der Waals surface area contributed by atoms with Crippen LogP contribution in [0.15, 0.2) is 140 Å². The molecule has 5 heterocycles.